The van der Waals surface area contributed by atoms with Crippen LogP contribution in [0.15, 0.2) is 29.2 Å². The van der Waals surface area contributed by atoms with Crippen molar-refractivity contribution < 1.29 is 9.59 Å². The minimum atomic E-state index is 0.00358. The van der Waals surface area contributed by atoms with Crippen molar-refractivity contribution in [3.05, 3.63) is 24.3 Å². The fourth-order valence-corrected chi connectivity index (χ4v) is 3.20. The first-order valence-corrected chi connectivity index (χ1v) is 9.33. The van der Waals surface area contributed by atoms with Crippen molar-refractivity contribution in [3.8, 4) is 0 Å². The summed E-state index contributed by atoms with van der Waals surface area (Å²) in [6.07, 6.45) is 4.13. The molecule has 1 aliphatic heterocycles. The molecule has 0 aromatic heterocycles. The summed E-state index contributed by atoms with van der Waals surface area (Å²) in [5.74, 6) is 0.598. The Hall–Kier alpha value is -1.53. The number of benzene rings is 1. The molecule has 1 heterocycles. The molecular weight excluding hydrogens is 310 g/mol. The Morgan fingerprint density at radius 3 is 2.35 bits per heavy atom. The molecule has 2 fully saturated rings. The Bertz CT molecular complexity index is 564. The molecule has 0 spiro atoms. The van der Waals surface area contributed by atoms with Gasteiger partial charge in [-0.15, -0.1) is 11.8 Å². The van der Waals surface area contributed by atoms with E-state index < -0.39 is 0 Å². The molecule has 1 aromatic carbocycles. The average Bonchev–Trinajstić information content (AvgIpc) is 3.40. The quantitative estimate of drug-likeness (QED) is 0.836. The van der Waals surface area contributed by atoms with E-state index in [0.29, 0.717) is 12.5 Å². The van der Waals surface area contributed by atoms with E-state index in [0.717, 1.165) is 44.7 Å². The van der Waals surface area contributed by atoms with Gasteiger partial charge in [0.15, 0.2) is 0 Å². The molecule has 0 bridgehead atoms. The van der Waals surface area contributed by atoms with Gasteiger partial charge in [-0.05, 0) is 43.4 Å². The van der Waals surface area contributed by atoms with Gasteiger partial charge in [0.2, 0.25) is 11.8 Å². The summed E-state index contributed by atoms with van der Waals surface area (Å²) in [6, 6.07) is 7.86. The lowest BCUT2D eigenvalue weighted by Crippen LogP contribution is -2.50. The van der Waals surface area contributed by atoms with E-state index in [-0.39, 0.29) is 11.8 Å². The number of carbonyl (C=O) groups excluding carboxylic acids is 2. The van der Waals surface area contributed by atoms with Crippen molar-refractivity contribution in [1.82, 2.24) is 9.80 Å². The molecule has 5 nitrogen and oxygen atoms in total. The molecule has 6 heteroatoms. The van der Waals surface area contributed by atoms with Gasteiger partial charge < -0.3 is 10.2 Å². The highest BCUT2D eigenvalue weighted by Gasteiger charge is 2.34. The summed E-state index contributed by atoms with van der Waals surface area (Å²) in [6.45, 7) is 3.42. The lowest BCUT2D eigenvalue weighted by atomic mass is 10.2. The normalized spacial score (nSPS) is 18.7. The Balaban J connectivity index is 1.42. The van der Waals surface area contributed by atoms with Crippen molar-refractivity contribution in [2.45, 2.75) is 17.7 Å². The van der Waals surface area contributed by atoms with Crippen LogP contribution in [-0.2, 0) is 9.59 Å². The van der Waals surface area contributed by atoms with E-state index >= 15 is 0 Å². The molecule has 1 saturated heterocycles. The summed E-state index contributed by atoms with van der Waals surface area (Å²) in [4.78, 5) is 29.4. The average molecular weight is 333 g/mol. The van der Waals surface area contributed by atoms with Gasteiger partial charge in [0, 0.05) is 42.7 Å². The van der Waals surface area contributed by atoms with E-state index in [9.17, 15) is 9.59 Å². The third kappa shape index (κ3) is 4.48. The smallest absolute Gasteiger partial charge is 0.238 e. The summed E-state index contributed by atoms with van der Waals surface area (Å²) < 4.78 is 0. The van der Waals surface area contributed by atoms with E-state index in [1.54, 1.807) is 11.8 Å². The Kier molecular flexibility index (Phi) is 5.23. The van der Waals surface area contributed by atoms with E-state index in [2.05, 4.69) is 10.2 Å². The maximum atomic E-state index is 12.1. The van der Waals surface area contributed by atoms with E-state index in [1.807, 2.05) is 35.4 Å². The van der Waals surface area contributed by atoms with Gasteiger partial charge in [-0.2, -0.15) is 0 Å². The molecule has 2 aliphatic rings. The van der Waals surface area contributed by atoms with Crippen LogP contribution < -0.4 is 5.32 Å². The van der Waals surface area contributed by atoms with Crippen LogP contribution in [0, 0.1) is 5.92 Å². The molecular formula is C17H23N3O2S. The molecule has 124 valence electrons. The molecule has 1 aliphatic carbocycles. The molecule has 23 heavy (non-hydrogen) atoms. The first kappa shape index (κ1) is 16.3. The predicted molar refractivity (Wildman–Crippen MR) is 92.6 cm³/mol. The zero-order valence-electron chi connectivity index (χ0n) is 13.5. The number of thioether (sulfide) groups is 1. The second-order valence-electron chi connectivity index (χ2n) is 6.15. The number of amides is 2. The number of rotatable bonds is 5. The van der Waals surface area contributed by atoms with E-state index in [1.165, 1.54) is 4.90 Å². The lowest BCUT2D eigenvalue weighted by Gasteiger charge is -2.34. The van der Waals surface area contributed by atoms with E-state index in [4.69, 9.17) is 0 Å². The number of carbonyl (C=O) groups is 2. The minimum absolute atomic E-state index is 0.00358. The summed E-state index contributed by atoms with van der Waals surface area (Å²) in [7, 11) is 0. The third-order valence-corrected chi connectivity index (χ3v) is 5.10. The molecule has 2 amide bonds. The molecule has 0 radical (unpaired) electrons. The van der Waals surface area contributed by atoms with Crippen molar-refractivity contribution >= 4 is 29.3 Å². The standard InChI is InChI=1S/C17H23N3O2S/c1-23-15-6-4-14(5-7-15)18-16(21)12-19-8-10-20(11-9-19)17(22)13-2-3-13/h4-7,13H,2-3,8-12H2,1H3,(H,18,21). The van der Waals surface area contributed by atoms with Gasteiger partial charge >= 0.3 is 0 Å². The predicted octanol–water partition coefficient (Wildman–Crippen LogP) is 1.90. The number of anilines is 1. The maximum Gasteiger partial charge on any atom is 0.238 e. The summed E-state index contributed by atoms with van der Waals surface area (Å²) in [5, 5.41) is 2.93. The van der Waals surface area contributed by atoms with Crippen LogP contribution in [0.4, 0.5) is 5.69 Å². The highest BCUT2D eigenvalue weighted by atomic mass is 32.2. The van der Waals surface area contributed by atoms with Crippen molar-refractivity contribution in [3.63, 3.8) is 0 Å². The highest BCUT2D eigenvalue weighted by molar-refractivity contribution is 7.98. The van der Waals surface area contributed by atoms with Gasteiger partial charge in [0.1, 0.15) is 0 Å². The van der Waals surface area contributed by atoms with Gasteiger partial charge in [0.05, 0.1) is 6.54 Å². The van der Waals surface area contributed by atoms with Crippen molar-refractivity contribution in [1.29, 1.82) is 0 Å². The van der Waals surface area contributed by atoms with Gasteiger partial charge in [-0.3, -0.25) is 14.5 Å². The monoisotopic (exact) mass is 333 g/mol. The van der Waals surface area contributed by atoms with Crippen LogP contribution in [-0.4, -0.2) is 60.6 Å². The van der Waals surface area contributed by atoms with Crippen LogP contribution in [0.1, 0.15) is 12.8 Å². The number of hydrogen-bond acceptors (Lipinski definition) is 4. The Morgan fingerprint density at radius 2 is 1.78 bits per heavy atom. The Morgan fingerprint density at radius 1 is 1.13 bits per heavy atom. The SMILES string of the molecule is CSc1ccc(NC(=O)CN2CCN(C(=O)C3CC3)CC2)cc1. The van der Waals surface area contributed by atoms with Crippen LogP contribution >= 0.6 is 11.8 Å². The van der Waals surface area contributed by atoms with Crippen LogP contribution in [0.3, 0.4) is 0 Å². The fourth-order valence-electron chi connectivity index (χ4n) is 2.79. The fraction of sp³-hybridized carbons (Fsp3) is 0.529. The van der Waals surface area contributed by atoms with Crippen molar-refractivity contribution in [2.75, 3.05) is 44.3 Å². The van der Waals surface area contributed by atoms with Crippen LogP contribution in [0.5, 0.6) is 0 Å². The molecule has 0 atom stereocenters. The topological polar surface area (TPSA) is 52.7 Å². The second-order valence-corrected chi connectivity index (χ2v) is 7.03. The number of nitrogens with zero attached hydrogens (tertiary/aromatic N) is 2. The maximum absolute atomic E-state index is 12.1. The molecule has 1 saturated carbocycles. The zero-order chi connectivity index (χ0) is 16.2. The van der Waals surface area contributed by atoms with Gasteiger partial charge in [-0.1, -0.05) is 0 Å². The first-order chi connectivity index (χ1) is 11.2. The number of hydrogen-bond donors (Lipinski definition) is 1. The minimum Gasteiger partial charge on any atom is -0.340 e. The lowest BCUT2D eigenvalue weighted by molar-refractivity contribution is -0.134. The molecule has 3 rings (SSSR count). The largest absolute Gasteiger partial charge is 0.340 e. The highest BCUT2D eigenvalue weighted by Crippen LogP contribution is 2.31. The molecule has 0 unspecified atom stereocenters. The summed E-state index contributed by atoms with van der Waals surface area (Å²) >= 11 is 1.68. The first-order valence-electron chi connectivity index (χ1n) is 8.11. The molecule has 1 aromatic rings. The van der Waals surface area contributed by atoms with Gasteiger partial charge in [0.25, 0.3) is 0 Å². The number of nitrogens with one attached hydrogen (secondary N) is 1. The van der Waals surface area contributed by atoms with Crippen molar-refractivity contribution in [2.24, 2.45) is 5.92 Å². The second kappa shape index (κ2) is 7.36. The number of piperazine rings is 1. The zero-order valence-corrected chi connectivity index (χ0v) is 14.3. The molecule has 1 N–H and O–H groups in total. The third-order valence-electron chi connectivity index (χ3n) is 4.35. The van der Waals surface area contributed by atoms with Crippen LogP contribution in [0.25, 0.3) is 0 Å². The summed E-state index contributed by atoms with van der Waals surface area (Å²) in [5.41, 5.74) is 0.829. The Labute approximate surface area is 141 Å². The van der Waals surface area contributed by atoms with Crippen LogP contribution in [0.2, 0.25) is 0 Å². The van der Waals surface area contributed by atoms with Gasteiger partial charge in [-0.25, -0.2) is 0 Å².